The van der Waals surface area contributed by atoms with E-state index in [2.05, 4.69) is 60.7 Å². The Morgan fingerprint density at radius 2 is 1.17 bits per heavy atom. The monoisotopic (exact) mass is 296 g/mol. The maximum Gasteiger partial charge on any atom is 0.137 e. The summed E-state index contributed by atoms with van der Waals surface area (Å²) in [6, 6.07) is 21.7. The number of hydrogen-bond donors (Lipinski definition) is 0. The summed E-state index contributed by atoms with van der Waals surface area (Å²) in [5.41, 5.74) is 2.60. The van der Waals surface area contributed by atoms with Gasteiger partial charge in [0.1, 0.15) is 5.78 Å². The maximum absolute atomic E-state index is 12.1. The summed E-state index contributed by atoms with van der Waals surface area (Å²) in [4.78, 5) is 12.1. The molecule has 0 amide bonds. The van der Waals surface area contributed by atoms with Crippen molar-refractivity contribution in [1.29, 1.82) is 0 Å². The molecular weight excluding hydrogens is 280 g/mol. The summed E-state index contributed by atoms with van der Waals surface area (Å²) in [6.45, 7) is 0. The van der Waals surface area contributed by atoms with Crippen LogP contribution in [-0.2, 0) is 17.6 Å². The van der Waals surface area contributed by atoms with E-state index in [1.807, 2.05) is 0 Å². The molecular formula is C22H16O. The first-order valence-electron chi connectivity index (χ1n) is 8.18. The van der Waals surface area contributed by atoms with E-state index in [0.717, 1.165) is 6.42 Å². The van der Waals surface area contributed by atoms with Gasteiger partial charge in [0.05, 0.1) is 0 Å². The van der Waals surface area contributed by atoms with Gasteiger partial charge in [-0.15, -0.1) is 0 Å². The van der Waals surface area contributed by atoms with Crippen molar-refractivity contribution in [2.45, 2.75) is 19.3 Å². The molecule has 0 radical (unpaired) electrons. The van der Waals surface area contributed by atoms with Crippen LogP contribution in [0, 0.1) is 0 Å². The number of fused-ring (bicyclic) bond motifs is 8. The minimum atomic E-state index is 0.363. The number of carbonyl (C=O) groups excluding carboxylic acids is 1. The zero-order chi connectivity index (χ0) is 15.4. The van der Waals surface area contributed by atoms with Crippen molar-refractivity contribution >= 4 is 38.1 Å². The molecule has 0 saturated heterocycles. The topological polar surface area (TPSA) is 17.1 Å². The first kappa shape index (κ1) is 12.8. The SMILES string of the molecule is O=C1CCc2ccc3c4ccccc4c4ccccc4c3c2C1. The van der Waals surface area contributed by atoms with Crippen LogP contribution in [0.15, 0.2) is 60.7 Å². The summed E-state index contributed by atoms with van der Waals surface area (Å²) in [5.74, 6) is 0.363. The predicted molar refractivity (Wildman–Crippen MR) is 96.0 cm³/mol. The number of aryl methyl sites for hydroxylation is 1. The molecule has 0 aromatic heterocycles. The normalized spacial score (nSPS) is 14.5. The molecule has 1 heteroatoms. The lowest BCUT2D eigenvalue weighted by molar-refractivity contribution is -0.118. The zero-order valence-corrected chi connectivity index (χ0v) is 12.8. The first-order valence-corrected chi connectivity index (χ1v) is 8.18. The van der Waals surface area contributed by atoms with Crippen molar-refractivity contribution in [3.8, 4) is 0 Å². The zero-order valence-electron chi connectivity index (χ0n) is 12.8. The van der Waals surface area contributed by atoms with Gasteiger partial charge in [-0.2, -0.15) is 0 Å². The van der Waals surface area contributed by atoms with Crippen LogP contribution in [0.2, 0.25) is 0 Å². The summed E-state index contributed by atoms with van der Waals surface area (Å²) in [5, 5.41) is 7.67. The summed E-state index contributed by atoms with van der Waals surface area (Å²) in [7, 11) is 0. The van der Waals surface area contributed by atoms with Gasteiger partial charge in [-0.3, -0.25) is 4.79 Å². The smallest absolute Gasteiger partial charge is 0.137 e. The second kappa shape index (κ2) is 4.66. The van der Waals surface area contributed by atoms with Gasteiger partial charge >= 0.3 is 0 Å². The van der Waals surface area contributed by atoms with Crippen LogP contribution < -0.4 is 0 Å². The quantitative estimate of drug-likeness (QED) is 0.407. The Balaban J connectivity index is 2.10. The second-order valence-corrected chi connectivity index (χ2v) is 6.43. The Labute approximate surface area is 134 Å². The molecule has 5 rings (SSSR count). The minimum Gasteiger partial charge on any atom is -0.299 e. The van der Waals surface area contributed by atoms with Crippen molar-refractivity contribution in [1.82, 2.24) is 0 Å². The van der Waals surface area contributed by atoms with Gasteiger partial charge in [0, 0.05) is 12.8 Å². The molecule has 23 heavy (non-hydrogen) atoms. The Kier molecular flexibility index (Phi) is 2.60. The molecule has 110 valence electrons. The number of benzene rings is 4. The van der Waals surface area contributed by atoms with Crippen LogP contribution in [0.5, 0.6) is 0 Å². The van der Waals surface area contributed by atoms with Gasteiger partial charge in [0.2, 0.25) is 0 Å². The molecule has 4 aromatic carbocycles. The minimum absolute atomic E-state index is 0.363. The van der Waals surface area contributed by atoms with Crippen LogP contribution in [0.1, 0.15) is 17.5 Å². The molecule has 0 atom stereocenters. The number of Topliss-reactive ketones (excluding diaryl/α,β-unsaturated/α-hetero) is 1. The highest BCUT2D eigenvalue weighted by molar-refractivity contribution is 6.26. The van der Waals surface area contributed by atoms with Crippen LogP contribution >= 0.6 is 0 Å². The Morgan fingerprint density at radius 1 is 0.609 bits per heavy atom. The summed E-state index contributed by atoms with van der Waals surface area (Å²) < 4.78 is 0. The molecule has 4 aromatic rings. The number of hydrogen-bond acceptors (Lipinski definition) is 1. The van der Waals surface area contributed by atoms with Gasteiger partial charge in [0.25, 0.3) is 0 Å². The van der Waals surface area contributed by atoms with Gasteiger partial charge in [-0.05, 0) is 49.9 Å². The van der Waals surface area contributed by atoms with E-state index in [4.69, 9.17) is 0 Å². The molecule has 0 saturated carbocycles. The lowest BCUT2D eigenvalue weighted by atomic mass is 9.83. The number of rotatable bonds is 0. The van der Waals surface area contributed by atoms with Crippen molar-refractivity contribution in [2.75, 3.05) is 0 Å². The molecule has 1 nitrogen and oxygen atoms in total. The molecule has 0 unspecified atom stereocenters. The summed E-state index contributed by atoms with van der Waals surface area (Å²) in [6.07, 6.45) is 2.14. The van der Waals surface area contributed by atoms with E-state index in [9.17, 15) is 4.79 Å². The average molecular weight is 296 g/mol. The van der Waals surface area contributed by atoms with E-state index in [1.165, 1.54) is 43.4 Å². The Bertz CT molecular complexity index is 1070. The third-order valence-corrected chi connectivity index (χ3v) is 5.16. The summed E-state index contributed by atoms with van der Waals surface area (Å²) >= 11 is 0. The third-order valence-electron chi connectivity index (χ3n) is 5.16. The Morgan fingerprint density at radius 3 is 1.87 bits per heavy atom. The van der Waals surface area contributed by atoms with Crippen molar-refractivity contribution < 1.29 is 4.79 Å². The number of carbonyl (C=O) groups is 1. The molecule has 0 fully saturated rings. The standard InChI is InChI=1S/C22H16O/c23-15-11-9-14-10-12-20-18-7-2-1-5-16(18)17-6-3-4-8-19(17)22(20)21(14)13-15/h1-8,10,12H,9,11,13H2. The fraction of sp³-hybridized carbons (Fsp3) is 0.136. The second-order valence-electron chi connectivity index (χ2n) is 6.43. The maximum atomic E-state index is 12.1. The van der Waals surface area contributed by atoms with Crippen LogP contribution in [0.4, 0.5) is 0 Å². The van der Waals surface area contributed by atoms with E-state index in [0.29, 0.717) is 18.6 Å². The highest BCUT2D eigenvalue weighted by Gasteiger charge is 2.20. The third kappa shape index (κ3) is 1.77. The van der Waals surface area contributed by atoms with Crippen molar-refractivity contribution in [3.63, 3.8) is 0 Å². The van der Waals surface area contributed by atoms with E-state index in [1.54, 1.807) is 0 Å². The largest absolute Gasteiger partial charge is 0.299 e. The van der Waals surface area contributed by atoms with Crippen molar-refractivity contribution in [2.24, 2.45) is 0 Å². The van der Waals surface area contributed by atoms with Crippen molar-refractivity contribution in [3.05, 3.63) is 71.8 Å². The van der Waals surface area contributed by atoms with E-state index >= 15 is 0 Å². The van der Waals surface area contributed by atoms with Gasteiger partial charge in [0.15, 0.2) is 0 Å². The molecule has 0 bridgehead atoms. The van der Waals surface area contributed by atoms with E-state index in [-0.39, 0.29) is 0 Å². The Hall–Kier alpha value is -2.67. The van der Waals surface area contributed by atoms with Crippen LogP contribution in [0.3, 0.4) is 0 Å². The molecule has 0 spiro atoms. The molecule has 0 aliphatic heterocycles. The lowest BCUT2D eigenvalue weighted by Gasteiger charge is -2.20. The fourth-order valence-electron chi connectivity index (χ4n) is 4.11. The lowest BCUT2D eigenvalue weighted by Crippen LogP contribution is -2.13. The highest BCUT2D eigenvalue weighted by atomic mass is 16.1. The molecule has 1 aliphatic rings. The van der Waals surface area contributed by atoms with Crippen LogP contribution in [0.25, 0.3) is 32.3 Å². The predicted octanol–water partition coefficient (Wildman–Crippen LogP) is 5.20. The number of ketones is 1. The first-order chi connectivity index (χ1) is 11.3. The van der Waals surface area contributed by atoms with Gasteiger partial charge in [-0.1, -0.05) is 60.7 Å². The van der Waals surface area contributed by atoms with E-state index < -0.39 is 0 Å². The molecule has 0 N–H and O–H groups in total. The fourth-order valence-corrected chi connectivity index (χ4v) is 4.11. The highest BCUT2D eigenvalue weighted by Crippen LogP contribution is 2.39. The van der Waals surface area contributed by atoms with Gasteiger partial charge < -0.3 is 0 Å². The average Bonchev–Trinajstić information content (AvgIpc) is 2.61. The molecule has 1 aliphatic carbocycles. The van der Waals surface area contributed by atoms with Gasteiger partial charge in [-0.25, -0.2) is 0 Å². The van der Waals surface area contributed by atoms with Crippen LogP contribution in [-0.4, -0.2) is 5.78 Å². The molecule has 0 heterocycles.